The van der Waals surface area contributed by atoms with Gasteiger partial charge in [0, 0.05) is 11.5 Å². The maximum atomic E-state index is 5.60. The molecule has 2 rings (SSSR count). The lowest BCUT2D eigenvalue weighted by Crippen LogP contribution is -2.08. The van der Waals surface area contributed by atoms with Crippen LogP contribution < -0.4 is 9.47 Å². The number of aromatic nitrogens is 3. The van der Waals surface area contributed by atoms with Crippen molar-refractivity contribution in [1.29, 1.82) is 0 Å². The zero-order valence-electron chi connectivity index (χ0n) is 10.0. The van der Waals surface area contributed by atoms with Crippen molar-refractivity contribution in [3.63, 3.8) is 0 Å². The largest absolute Gasteiger partial charge is 0.497 e. The molecule has 0 amide bonds. The Morgan fingerprint density at radius 3 is 2.56 bits per heavy atom. The van der Waals surface area contributed by atoms with Crippen LogP contribution in [0.15, 0.2) is 30.5 Å². The van der Waals surface area contributed by atoms with Crippen molar-refractivity contribution in [1.82, 2.24) is 15.0 Å². The van der Waals surface area contributed by atoms with Gasteiger partial charge < -0.3 is 9.47 Å². The summed E-state index contributed by atoms with van der Waals surface area (Å²) in [6, 6.07) is 7.50. The number of ether oxygens (including phenoxy) is 2. The quantitative estimate of drug-likeness (QED) is 0.768. The summed E-state index contributed by atoms with van der Waals surface area (Å²) in [7, 11) is 1.64. The summed E-state index contributed by atoms with van der Waals surface area (Å²) in [5, 5.41) is 8.67. The summed E-state index contributed by atoms with van der Waals surface area (Å²) in [6.07, 6.45) is 1.89. The van der Waals surface area contributed by atoms with Crippen LogP contribution >= 0.6 is 15.9 Å². The predicted octanol–water partition coefficient (Wildman–Crippen LogP) is 2.26. The molecule has 0 atom stereocenters. The molecule has 18 heavy (non-hydrogen) atoms. The van der Waals surface area contributed by atoms with E-state index in [4.69, 9.17) is 9.47 Å². The Hall–Kier alpha value is -1.56. The van der Waals surface area contributed by atoms with E-state index in [9.17, 15) is 0 Å². The Balaban J connectivity index is 1.80. The van der Waals surface area contributed by atoms with Crippen molar-refractivity contribution >= 4 is 15.9 Å². The SMILES string of the molecule is COc1ccc(OCCn2cc(CBr)nn2)cc1. The summed E-state index contributed by atoms with van der Waals surface area (Å²) in [5.74, 6) is 1.64. The lowest BCUT2D eigenvalue weighted by atomic mass is 10.3. The third-order valence-electron chi connectivity index (χ3n) is 2.37. The number of benzene rings is 1. The van der Waals surface area contributed by atoms with Crippen molar-refractivity contribution in [3.8, 4) is 11.5 Å². The first-order chi connectivity index (χ1) is 8.81. The van der Waals surface area contributed by atoms with Crippen molar-refractivity contribution in [3.05, 3.63) is 36.2 Å². The summed E-state index contributed by atoms with van der Waals surface area (Å²) >= 11 is 3.33. The highest BCUT2D eigenvalue weighted by Gasteiger charge is 1.99. The van der Waals surface area contributed by atoms with E-state index in [0.717, 1.165) is 17.2 Å². The first-order valence-corrected chi connectivity index (χ1v) is 6.66. The molecule has 0 aliphatic heterocycles. The standard InChI is InChI=1S/C12H14BrN3O2/c1-17-11-2-4-12(5-3-11)18-7-6-16-9-10(8-13)14-15-16/h2-5,9H,6-8H2,1H3. The molecular weight excluding hydrogens is 298 g/mol. The summed E-state index contributed by atoms with van der Waals surface area (Å²) in [6.45, 7) is 1.23. The van der Waals surface area contributed by atoms with Crippen molar-refractivity contribution < 1.29 is 9.47 Å². The first kappa shape index (κ1) is 12.9. The Labute approximate surface area is 114 Å². The molecule has 0 N–H and O–H groups in total. The number of hydrogen-bond donors (Lipinski definition) is 0. The third kappa shape index (κ3) is 3.46. The van der Waals surface area contributed by atoms with Crippen LogP contribution in [0.3, 0.4) is 0 Å². The Kier molecular flexibility index (Phi) is 4.58. The average Bonchev–Trinajstić information content (AvgIpc) is 2.87. The molecule has 6 heteroatoms. The second kappa shape index (κ2) is 6.39. The number of nitrogens with zero attached hydrogens (tertiary/aromatic N) is 3. The number of alkyl halides is 1. The third-order valence-corrected chi connectivity index (χ3v) is 2.95. The molecule has 0 saturated carbocycles. The molecular formula is C12H14BrN3O2. The van der Waals surface area contributed by atoms with Gasteiger partial charge in [-0.3, -0.25) is 0 Å². The molecule has 5 nitrogen and oxygen atoms in total. The highest BCUT2D eigenvalue weighted by Crippen LogP contribution is 2.16. The molecule has 96 valence electrons. The van der Waals surface area contributed by atoms with Gasteiger partial charge in [-0.25, -0.2) is 4.68 Å². The maximum Gasteiger partial charge on any atom is 0.119 e. The Morgan fingerprint density at radius 1 is 1.22 bits per heavy atom. The number of rotatable bonds is 6. The van der Waals surface area contributed by atoms with Gasteiger partial charge in [0.2, 0.25) is 0 Å². The van der Waals surface area contributed by atoms with Gasteiger partial charge in [-0.05, 0) is 24.3 Å². The second-order valence-electron chi connectivity index (χ2n) is 3.63. The molecule has 0 bridgehead atoms. The van der Waals surface area contributed by atoms with Crippen LogP contribution in [0.4, 0.5) is 0 Å². The number of halogens is 1. The monoisotopic (exact) mass is 311 g/mol. The lowest BCUT2D eigenvalue weighted by Gasteiger charge is -2.06. The summed E-state index contributed by atoms with van der Waals surface area (Å²) < 4.78 is 12.4. The van der Waals surface area contributed by atoms with Crippen LogP contribution in [0.1, 0.15) is 5.69 Å². The minimum absolute atomic E-state index is 0.553. The van der Waals surface area contributed by atoms with E-state index in [1.165, 1.54) is 0 Å². The second-order valence-corrected chi connectivity index (χ2v) is 4.19. The normalized spacial score (nSPS) is 10.3. The molecule has 1 aromatic carbocycles. The van der Waals surface area contributed by atoms with Crippen LogP contribution in [-0.2, 0) is 11.9 Å². The summed E-state index contributed by atoms with van der Waals surface area (Å²) in [4.78, 5) is 0. The first-order valence-electron chi connectivity index (χ1n) is 5.53. The molecule has 0 unspecified atom stereocenters. The van der Waals surface area contributed by atoms with Gasteiger partial charge >= 0.3 is 0 Å². The van der Waals surface area contributed by atoms with Gasteiger partial charge in [-0.1, -0.05) is 21.1 Å². The molecule has 0 radical (unpaired) electrons. The molecule has 1 aromatic heterocycles. The van der Waals surface area contributed by atoms with E-state index in [1.807, 2.05) is 30.5 Å². The molecule has 0 spiro atoms. The topological polar surface area (TPSA) is 49.2 Å². The van der Waals surface area contributed by atoms with Gasteiger partial charge in [-0.15, -0.1) is 5.10 Å². The van der Waals surface area contributed by atoms with Gasteiger partial charge in [0.25, 0.3) is 0 Å². The highest BCUT2D eigenvalue weighted by atomic mass is 79.9. The van der Waals surface area contributed by atoms with E-state index >= 15 is 0 Å². The molecule has 0 aliphatic rings. The van der Waals surface area contributed by atoms with Crippen LogP contribution in [-0.4, -0.2) is 28.7 Å². The van der Waals surface area contributed by atoms with Crippen LogP contribution in [0.25, 0.3) is 0 Å². The molecule has 1 heterocycles. The van der Waals surface area contributed by atoms with E-state index in [2.05, 4.69) is 26.2 Å². The fourth-order valence-corrected chi connectivity index (χ4v) is 1.69. The van der Waals surface area contributed by atoms with Gasteiger partial charge in [-0.2, -0.15) is 0 Å². The fraction of sp³-hybridized carbons (Fsp3) is 0.333. The zero-order valence-corrected chi connectivity index (χ0v) is 11.6. The lowest BCUT2D eigenvalue weighted by molar-refractivity contribution is 0.289. The minimum Gasteiger partial charge on any atom is -0.497 e. The van der Waals surface area contributed by atoms with E-state index in [1.54, 1.807) is 11.8 Å². The predicted molar refractivity (Wildman–Crippen MR) is 71.1 cm³/mol. The number of hydrogen-bond acceptors (Lipinski definition) is 4. The van der Waals surface area contributed by atoms with Crippen LogP contribution in [0.2, 0.25) is 0 Å². The van der Waals surface area contributed by atoms with Gasteiger partial charge in [0.15, 0.2) is 0 Å². The fourth-order valence-electron chi connectivity index (χ4n) is 1.44. The van der Waals surface area contributed by atoms with E-state index in [-0.39, 0.29) is 0 Å². The zero-order chi connectivity index (χ0) is 12.8. The maximum absolute atomic E-state index is 5.60. The molecule has 0 fully saturated rings. The van der Waals surface area contributed by atoms with Gasteiger partial charge in [0.05, 0.1) is 19.3 Å². The van der Waals surface area contributed by atoms with Crippen molar-refractivity contribution in [2.75, 3.05) is 13.7 Å². The smallest absolute Gasteiger partial charge is 0.119 e. The highest BCUT2D eigenvalue weighted by molar-refractivity contribution is 9.08. The Bertz CT molecular complexity index is 484. The minimum atomic E-state index is 0.553. The van der Waals surface area contributed by atoms with Crippen LogP contribution in [0.5, 0.6) is 11.5 Å². The molecule has 2 aromatic rings. The van der Waals surface area contributed by atoms with Crippen molar-refractivity contribution in [2.24, 2.45) is 0 Å². The Morgan fingerprint density at radius 2 is 1.94 bits per heavy atom. The average molecular weight is 312 g/mol. The molecule has 0 saturated heterocycles. The van der Waals surface area contributed by atoms with Gasteiger partial charge in [0.1, 0.15) is 18.1 Å². The number of methoxy groups -OCH3 is 1. The summed E-state index contributed by atoms with van der Waals surface area (Å²) in [5.41, 5.74) is 0.916. The van der Waals surface area contributed by atoms with Crippen LogP contribution in [0, 0.1) is 0 Å². The van der Waals surface area contributed by atoms with E-state index in [0.29, 0.717) is 18.5 Å². The van der Waals surface area contributed by atoms with Crippen molar-refractivity contribution in [2.45, 2.75) is 11.9 Å². The molecule has 0 aliphatic carbocycles. The van der Waals surface area contributed by atoms with E-state index < -0.39 is 0 Å².